The number of rotatable bonds is 6. The summed E-state index contributed by atoms with van der Waals surface area (Å²) in [4.78, 5) is 0.345. The van der Waals surface area contributed by atoms with Crippen LogP contribution in [0.5, 0.6) is 0 Å². The van der Waals surface area contributed by atoms with Crippen molar-refractivity contribution >= 4 is 15.7 Å². The molecule has 0 unspecified atom stereocenters. The van der Waals surface area contributed by atoms with E-state index in [9.17, 15) is 8.42 Å². The third-order valence-corrected chi connectivity index (χ3v) is 6.18. The van der Waals surface area contributed by atoms with Gasteiger partial charge in [0.1, 0.15) is 0 Å². The molecular formula is C19H24N4O2S. The van der Waals surface area contributed by atoms with Crippen molar-refractivity contribution in [3.05, 3.63) is 59.0 Å². The second kappa shape index (κ2) is 7.17. The first-order valence-corrected chi connectivity index (χ1v) is 10.2. The molecule has 3 aromatic rings. The second-order valence-electron chi connectivity index (χ2n) is 6.68. The Morgan fingerprint density at radius 2 is 1.81 bits per heavy atom. The lowest BCUT2D eigenvalue weighted by molar-refractivity contribution is 0.516. The Hall–Kier alpha value is -2.25. The molecule has 0 bridgehead atoms. The zero-order valence-electron chi connectivity index (χ0n) is 15.5. The van der Waals surface area contributed by atoms with Crippen molar-refractivity contribution in [1.82, 2.24) is 19.3 Å². The van der Waals surface area contributed by atoms with Crippen molar-refractivity contribution in [1.29, 1.82) is 0 Å². The first-order chi connectivity index (χ1) is 12.3. The van der Waals surface area contributed by atoms with Crippen LogP contribution < -0.4 is 4.72 Å². The molecule has 2 aromatic heterocycles. The number of aryl methyl sites for hydroxylation is 3. The van der Waals surface area contributed by atoms with Crippen LogP contribution in [0.1, 0.15) is 48.3 Å². The summed E-state index contributed by atoms with van der Waals surface area (Å²) >= 11 is 0. The van der Waals surface area contributed by atoms with Crippen LogP contribution in [0.3, 0.4) is 0 Å². The molecule has 1 atom stereocenters. The van der Waals surface area contributed by atoms with Crippen LogP contribution in [0, 0.1) is 20.8 Å². The predicted molar refractivity (Wildman–Crippen MR) is 102 cm³/mol. The summed E-state index contributed by atoms with van der Waals surface area (Å²) in [5.74, 6) is 0.605. The first kappa shape index (κ1) is 18.5. The largest absolute Gasteiger partial charge is 0.285 e. The van der Waals surface area contributed by atoms with Gasteiger partial charge < -0.3 is 0 Å². The quantitative estimate of drug-likeness (QED) is 0.719. The van der Waals surface area contributed by atoms with Crippen molar-refractivity contribution in [2.75, 3.05) is 0 Å². The van der Waals surface area contributed by atoms with Gasteiger partial charge in [-0.1, -0.05) is 37.1 Å². The molecule has 0 fully saturated rings. The van der Waals surface area contributed by atoms with E-state index >= 15 is 0 Å². The standard InChI is InChI=1S/C19H24N4O2S/c1-5-8-16(19-21-20-17-9-6-7-10-23(17)19)22-26(24,25)18-14(3)11-13(2)12-15(18)4/h6-7,9-12,16,22H,5,8H2,1-4H3/t16-/m0/s1. The van der Waals surface area contributed by atoms with Gasteiger partial charge in [0, 0.05) is 6.20 Å². The van der Waals surface area contributed by atoms with Crippen LogP contribution in [0.2, 0.25) is 0 Å². The fourth-order valence-electron chi connectivity index (χ4n) is 3.46. The number of nitrogens with zero attached hydrogens (tertiary/aromatic N) is 3. The van der Waals surface area contributed by atoms with Crippen LogP contribution in [0.15, 0.2) is 41.4 Å². The Kier molecular flexibility index (Phi) is 5.11. The summed E-state index contributed by atoms with van der Waals surface area (Å²) in [7, 11) is -3.69. The van der Waals surface area contributed by atoms with Gasteiger partial charge >= 0.3 is 0 Å². The topological polar surface area (TPSA) is 76.4 Å². The molecule has 26 heavy (non-hydrogen) atoms. The highest BCUT2D eigenvalue weighted by Crippen LogP contribution is 2.25. The average Bonchev–Trinajstić information content (AvgIpc) is 2.97. The van der Waals surface area contributed by atoms with Gasteiger partial charge in [0.25, 0.3) is 0 Å². The molecule has 2 heterocycles. The summed E-state index contributed by atoms with van der Waals surface area (Å²) in [5, 5.41) is 8.39. The van der Waals surface area contributed by atoms with E-state index in [4.69, 9.17) is 0 Å². The van der Waals surface area contributed by atoms with Gasteiger partial charge in [-0.05, 0) is 50.5 Å². The molecule has 1 aromatic carbocycles. The van der Waals surface area contributed by atoms with Gasteiger partial charge in [0.05, 0.1) is 10.9 Å². The Morgan fingerprint density at radius 3 is 2.46 bits per heavy atom. The van der Waals surface area contributed by atoms with Crippen molar-refractivity contribution in [3.63, 3.8) is 0 Å². The molecule has 0 aliphatic carbocycles. The molecule has 0 amide bonds. The lowest BCUT2D eigenvalue weighted by atomic mass is 10.1. The number of hydrogen-bond acceptors (Lipinski definition) is 4. The highest BCUT2D eigenvalue weighted by atomic mass is 32.2. The normalized spacial score (nSPS) is 13.2. The number of sulfonamides is 1. The molecule has 0 saturated carbocycles. The molecule has 1 N–H and O–H groups in total. The molecule has 0 aliphatic rings. The maximum absolute atomic E-state index is 13.1. The van der Waals surface area contributed by atoms with Gasteiger partial charge in [-0.15, -0.1) is 10.2 Å². The Morgan fingerprint density at radius 1 is 1.12 bits per heavy atom. The maximum atomic E-state index is 13.1. The third-order valence-electron chi connectivity index (χ3n) is 4.40. The van der Waals surface area contributed by atoms with Crippen molar-refractivity contribution in [2.24, 2.45) is 0 Å². The van der Waals surface area contributed by atoms with E-state index in [1.165, 1.54) is 0 Å². The molecular weight excluding hydrogens is 348 g/mol. The molecule has 0 saturated heterocycles. The molecule has 0 radical (unpaired) electrons. The number of pyridine rings is 1. The van der Waals surface area contributed by atoms with Crippen molar-refractivity contribution in [3.8, 4) is 0 Å². The monoisotopic (exact) mass is 372 g/mol. The fraction of sp³-hybridized carbons (Fsp3) is 0.368. The SMILES string of the molecule is CCC[C@H](NS(=O)(=O)c1c(C)cc(C)cc1C)c1nnc2ccccn12. The second-order valence-corrected chi connectivity index (χ2v) is 8.33. The van der Waals surface area contributed by atoms with Gasteiger partial charge in [0.15, 0.2) is 11.5 Å². The zero-order valence-corrected chi connectivity index (χ0v) is 16.3. The van der Waals surface area contributed by atoms with Crippen LogP contribution in [0.25, 0.3) is 5.65 Å². The Bertz CT molecular complexity index is 1020. The summed E-state index contributed by atoms with van der Waals surface area (Å²) < 4.78 is 31.0. The number of benzene rings is 1. The summed E-state index contributed by atoms with van der Waals surface area (Å²) in [6, 6.07) is 8.95. The summed E-state index contributed by atoms with van der Waals surface area (Å²) in [6.45, 7) is 7.64. The minimum Gasteiger partial charge on any atom is -0.285 e. The van der Waals surface area contributed by atoms with Gasteiger partial charge in [-0.2, -0.15) is 0 Å². The van der Waals surface area contributed by atoms with E-state index in [-0.39, 0.29) is 0 Å². The highest BCUT2D eigenvalue weighted by molar-refractivity contribution is 7.89. The van der Waals surface area contributed by atoms with E-state index < -0.39 is 16.1 Å². The number of hydrogen-bond donors (Lipinski definition) is 1. The van der Waals surface area contributed by atoms with Crippen molar-refractivity contribution < 1.29 is 8.42 Å². The van der Waals surface area contributed by atoms with Gasteiger partial charge in [-0.3, -0.25) is 4.40 Å². The summed E-state index contributed by atoms with van der Waals surface area (Å²) in [5.41, 5.74) is 3.24. The maximum Gasteiger partial charge on any atom is 0.241 e. The van der Waals surface area contributed by atoms with Gasteiger partial charge in [0.2, 0.25) is 10.0 Å². The fourth-order valence-corrected chi connectivity index (χ4v) is 5.15. The van der Waals surface area contributed by atoms with E-state index in [2.05, 4.69) is 14.9 Å². The molecule has 6 nitrogen and oxygen atoms in total. The van der Waals surface area contributed by atoms with E-state index in [1.807, 2.05) is 68.6 Å². The summed E-state index contributed by atoms with van der Waals surface area (Å²) in [6.07, 6.45) is 3.31. The lowest BCUT2D eigenvalue weighted by Gasteiger charge is -2.19. The van der Waals surface area contributed by atoms with Crippen molar-refractivity contribution in [2.45, 2.75) is 51.5 Å². The van der Waals surface area contributed by atoms with Crippen LogP contribution in [0.4, 0.5) is 0 Å². The minimum atomic E-state index is -3.69. The van der Waals surface area contributed by atoms with Crippen LogP contribution in [-0.2, 0) is 10.0 Å². The van der Waals surface area contributed by atoms with E-state index in [0.717, 1.165) is 23.1 Å². The Labute approximate surface area is 154 Å². The highest BCUT2D eigenvalue weighted by Gasteiger charge is 2.27. The van der Waals surface area contributed by atoms with E-state index in [0.29, 0.717) is 22.8 Å². The minimum absolute atomic E-state index is 0.345. The molecule has 138 valence electrons. The zero-order chi connectivity index (χ0) is 18.9. The smallest absolute Gasteiger partial charge is 0.241 e. The van der Waals surface area contributed by atoms with Crippen LogP contribution in [-0.4, -0.2) is 23.0 Å². The molecule has 0 spiro atoms. The molecule has 7 heteroatoms. The molecule has 3 rings (SSSR count). The number of nitrogens with one attached hydrogen (secondary N) is 1. The Balaban J connectivity index is 2.03. The van der Waals surface area contributed by atoms with Gasteiger partial charge in [-0.25, -0.2) is 13.1 Å². The number of fused-ring (bicyclic) bond motifs is 1. The first-order valence-electron chi connectivity index (χ1n) is 8.73. The van der Waals surface area contributed by atoms with Crippen LogP contribution >= 0.6 is 0 Å². The lowest BCUT2D eigenvalue weighted by Crippen LogP contribution is -2.31. The average molecular weight is 372 g/mol. The third kappa shape index (κ3) is 3.50. The number of aromatic nitrogens is 3. The molecule has 0 aliphatic heterocycles. The predicted octanol–water partition coefficient (Wildman–Crippen LogP) is 3.47. The van der Waals surface area contributed by atoms with E-state index in [1.54, 1.807) is 0 Å².